The highest BCUT2D eigenvalue weighted by molar-refractivity contribution is 7.14. The standard InChI is InChI=1S/C13H14F2N2S/c1-13(2,3)17-12-16-11(7-18-12)8-4-9(14)6-10(15)5-8/h4-7H,1-3H3,(H,16,17). The lowest BCUT2D eigenvalue weighted by Gasteiger charge is -2.19. The van der Waals surface area contributed by atoms with Crippen molar-refractivity contribution in [2.75, 3.05) is 5.32 Å². The zero-order valence-corrected chi connectivity index (χ0v) is 11.2. The zero-order chi connectivity index (χ0) is 13.3. The van der Waals surface area contributed by atoms with Crippen LogP contribution in [0.25, 0.3) is 11.3 Å². The summed E-state index contributed by atoms with van der Waals surface area (Å²) in [6.45, 7) is 6.07. The van der Waals surface area contributed by atoms with Crippen LogP contribution in [-0.2, 0) is 0 Å². The molecule has 18 heavy (non-hydrogen) atoms. The third-order valence-corrected chi connectivity index (χ3v) is 2.90. The van der Waals surface area contributed by atoms with Gasteiger partial charge in [0, 0.05) is 22.5 Å². The molecule has 0 unspecified atom stereocenters. The Morgan fingerprint density at radius 3 is 2.28 bits per heavy atom. The van der Waals surface area contributed by atoms with Crippen LogP contribution in [0, 0.1) is 11.6 Å². The first kappa shape index (κ1) is 13.0. The number of halogens is 2. The van der Waals surface area contributed by atoms with Crippen molar-refractivity contribution in [2.24, 2.45) is 0 Å². The van der Waals surface area contributed by atoms with E-state index in [1.807, 2.05) is 20.8 Å². The molecule has 1 aromatic heterocycles. The summed E-state index contributed by atoms with van der Waals surface area (Å²) in [6, 6.07) is 3.40. The predicted molar refractivity (Wildman–Crippen MR) is 70.8 cm³/mol. The summed E-state index contributed by atoms with van der Waals surface area (Å²) in [5.41, 5.74) is 0.929. The zero-order valence-electron chi connectivity index (χ0n) is 10.4. The Morgan fingerprint density at radius 2 is 1.72 bits per heavy atom. The molecule has 5 heteroatoms. The van der Waals surface area contributed by atoms with E-state index in [1.165, 1.54) is 23.5 Å². The molecule has 0 atom stereocenters. The molecule has 0 saturated heterocycles. The molecule has 0 saturated carbocycles. The number of hydrogen-bond donors (Lipinski definition) is 1. The van der Waals surface area contributed by atoms with Crippen LogP contribution in [0.15, 0.2) is 23.6 Å². The highest BCUT2D eigenvalue weighted by Gasteiger charge is 2.13. The van der Waals surface area contributed by atoms with Crippen LogP contribution < -0.4 is 5.32 Å². The normalized spacial score (nSPS) is 11.6. The second-order valence-electron chi connectivity index (χ2n) is 5.07. The van der Waals surface area contributed by atoms with E-state index in [2.05, 4.69) is 10.3 Å². The summed E-state index contributed by atoms with van der Waals surface area (Å²) < 4.78 is 26.2. The van der Waals surface area contributed by atoms with Gasteiger partial charge < -0.3 is 5.32 Å². The molecule has 2 aromatic rings. The third-order valence-electron chi connectivity index (χ3n) is 2.14. The molecule has 1 N–H and O–H groups in total. The summed E-state index contributed by atoms with van der Waals surface area (Å²) >= 11 is 1.42. The van der Waals surface area contributed by atoms with Gasteiger partial charge in [-0.1, -0.05) is 0 Å². The molecule has 0 radical (unpaired) electrons. The Morgan fingerprint density at radius 1 is 1.11 bits per heavy atom. The van der Waals surface area contributed by atoms with Gasteiger partial charge in [-0.25, -0.2) is 13.8 Å². The first-order valence-electron chi connectivity index (χ1n) is 5.54. The number of hydrogen-bond acceptors (Lipinski definition) is 3. The van der Waals surface area contributed by atoms with Gasteiger partial charge in [-0.15, -0.1) is 11.3 Å². The van der Waals surface area contributed by atoms with Gasteiger partial charge in [-0.05, 0) is 32.9 Å². The third kappa shape index (κ3) is 3.26. The van der Waals surface area contributed by atoms with E-state index in [0.29, 0.717) is 11.3 Å². The molecule has 0 bridgehead atoms. The van der Waals surface area contributed by atoms with Gasteiger partial charge in [0.15, 0.2) is 5.13 Å². The summed E-state index contributed by atoms with van der Waals surface area (Å²) in [5, 5.41) is 5.74. The van der Waals surface area contributed by atoms with Crippen LogP contribution in [0.4, 0.5) is 13.9 Å². The molecule has 0 aliphatic heterocycles. The van der Waals surface area contributed by atoms with E-state index in [0.717, 1.165) is 11.2 Å². The fourth-order valence-electron chi connectivity index (χ4n) is 1.49. The lowest BCUT2D eigenvalue weighted by Crippen LogP contribution is -2.25. The second kappa shape index (κ2) is 4.65. The van der Waals surface area contributed by atoms with Crippen molar-refractivity contribution in [3.63, 3.8) is 0 Å². The molecule has 1 heterocycles. The van der Waals surface area contributed by atoms with Crippen molar-refractivity contribution >= 4 is 16.5 Å². The van der Waals surface area contributed by atoms with Crippen molar-refractivity contribution in [2.45, 2.75) is 26.3 Å². The summed E-state index contributed by atoms with van der Waals surface area (Å²) in [6.07, 6.45) is 0. The quantitative estimate of drug-likeness (QED) is 0.878. The fraction of sp³-hybridized carbons (Fsp3) is 0.308. The van der Waals surface area contributed by atoms with Gasteiger partial charge in [0.2, 0.25) is 0 Å². The van der Waals surface area contributed by atoms with Crippen molar-refractivity contribution < 1.29 is 8.78 Å². The lowest BCUT2D eigenvalue weighted by molar-refractivity contribution is 0.584. The molecular formula is C13H14F2N2S. The summed E-state index contributed by atoms with van der Waals surface area (Å²) in [4.78, 5) is 4.32. The minimum absolute atomic E-state index is 0.0949. The van der Waals surface area contributed by atoms with Gasteiger partial charge in [-0.2, -0.15) is 0 Å². The molecule has 0 aliphatic rings. The second-order valence-corrected chi connectivity index (χ2v) is 5.93. The van der Waals surface area contributed by atoms with Crippen LogP contribution in [0.1, 0.15) is 20.8 Å². The lowest BCUT2D eigenvalue weighted by atomic mass is 10.1. The molecule has 2 rings (SSSR count). The predicted octanol–water partition coefficient (Wildman–Crippen LogP) is 4.30. The van der Waals surface area contributed by atoms with Crippen molar-refractivity contribution in [3.05, 3.63) is 35.2 Å². The van der Waals surface area contributed by atoms with Gasteiger partial charge in [0.1, 0.15) is 11.6 Å². The van der Waals surface area contributed by atoms with E-state index in [4.69, 9.17) is 0 Å². The topological polar surface area (TPSA) is 24.9 Å². The van der Waals surface area contributed by atoms with Gasteiger partial charge in [0.05, 0.1) is 5.69 Å². The Kier molecular flexibility index (Phi) is 3.34. The van der Waals surface area contributed by atoms with E-state index in [-0.39, 0.29) is 5.54 Å². The largest absolute Gasteiger partial charge is 0.357 e. The average Bonchev–Trinajstić information content (AvgIpc) is 2.61. The van der Waals surface area contributed by atoms with Crippen molar-refractivity contribution in [1.82, 2.24) is 4.98 Å². The molecule has 96 valence electrons. The molecule has 0 amide bonds. The first-order valence-corrected chi connectivity index (χ1v) is 6.42. The summed E-state index contributed by atoms with van der Waals surface area (Å²) in [7, 11) is 0. The number of rotatable bonds is 2. The Bertz CT molecular complexity index is 538. The number of benzene rings is 1. The van der Waals surface area contributed by atoms with Crippen LogP contribution in [0.2, 0.25) is 0 Å². The number of anilines is 1. The summed E-state index contributed by atoms with van der Waals surface area (Å²) in [5.74, 6) is -1.19. The maximum absolute atomic E-state index is 13.1. The van der Waals surface area contributed by atoms with Crippen LogP contribution in [-0.4, -0.2) is 10.5 Å². The van der Waals surface area contributed by atoms with E-state index in [9.17, 15) is 8.78 Å². The van der Waals surface area contributed by atoms with Crippen LogP contribution in [0.5, 0.6) is 0 Å². The van der Waals surface area contributed by atoms with Gasteiger partial charge in [0.25, 0.3) is 0 Å². The van der Waals surface area contributed by atoms with Crippen molar-refractivity contribution in [1.29, 1.82) is 0 Å². The number of thiazole rings is 1. The molecule has 1 aromatic carbocycles. The SMILES string of the molecule is CC(C)(C)Nc1nc(-c2cc(F)cc(F)c2)cs1. The Hall–Kier alpha value is -1.49. The molecule has 0 fully saturated rings. The van der Waals surface area contributed by atoms with Gasteiger partial charge in [-0.3, -0.25) is 0 Å². The number of nitrogens with zero attached hydrogens (tertiary/aromatic N) is 1. The Labute approximate surface area is 109 Å². The smallest absolute Gasteiger partial charge is 0.183 e. The maximum atomic E-state index is 13.1. The number of aromatic nitrogens is 1. The minimum atomic E-state index is -0.594. The van der Waals surface area contributed by atoms with E-state index in [1.54, 1.807) is 5.38 Å². The van der Waals surface area contributed by atoms with E-state index >= 15 is 0 Å². The highest BCUT2D eigenvalue weighted by atomic mass is 32.1. The average molecular weight is 268 g/mol. The van der Waals surface area contributed by atoms with Crippen LogP contribution >= 0.6 is 11.3 Å². The van der Waals surface area contributed by atoms with Crippen LogP contribution in [0.3, 0.4) is 0 Å². The molecule has 0 spiro atoms. The Balaban J connectivity index is 2.29. The minimum Gasteiger partial charge on any atom is -0.357 e. The van der Waals surface area contributed by atoms with Crippen molar-refractivity contribution in [3.8, 4) is 11.3 Å². The highest BCUT2D eigenvalue weighted by Crippen LogP contribution is 2.27. The first-order chi connectivity index (χ1) is 8.33. The van der Waals surface area contributed by atoms with Gasteiger partial charge >= 0.3 is 0 Å². The number of nitrogens with one attached hydrogen (secondary N) is 1. The monoisotopic (exact) mass is 268 g/mol. The molecular weight excluding hydrogens is 254 g/mol. The maximum Gasteiger partial charge on any atom is 0.183 e. The fourth-order valence-corrected chi connectivity index (χ4v) is 2.41. The molecule has 2 nitrogen and oxygen atoms in total. The molecule has 0 aliphatic carbocycles. The van der Waals surface area contributed by atoms with E-state index < -0.39 is 11.6 Å².